The summed E-state index contributed by atoms with van der Waals surface area (Å²) >= 11 is 0. The number of aromatic nitrogens is 4. The molecule has 2 aromatic rings. The quantitative estimate of drug-likeness (QED) is 0.754. The average molecular weight is 247 g/mol. The first-order chi connectivity index (χ1) is 8.83. The molecule has 7 heteroatoms. The molecular weight excluding hydrogens is 234 g/mol. The minimum absolute atomic E-state index is 0.182. The van der Waals surface area contributed by atoms with E-state index < -0.39 is 0 Å². The van der Waals surface area contributed by atoms with Gasteiger partial charge in [-0.2, -0.15) is 4.68 Å². The minimum atomic E-state index is -0.182. The van der Waals surface area contributed by atoms with Crippen LogP contribution in [0.5, 0.6) is 0 Å². The van der Waals surface area contributed by atoms with Crippen molar-refractivity contribution in [3.63, 3.8) is 0 Å². The van der Waals surface area contributed by atoms with E-state index in [0.717, 1.165) is 0 Å². The van der Waals surface area contributed by atoms with Crippen LogP contribution >= 0.6 is 0 Å². The predicted molar refractivity (Wildman–Crippen MR) is 63.4 cm³/mol. The Morgan fingerprint density at radius 3 is 3.00 bits per heavy atom. The van der Waals surface area contributed by atoms with E-state index in [-0.39, 0.29) is 5.91 Å². The summed E-state index contributed by atoms with van der Waals surface area (Å²) < 4.78 is 6.33. The van der Waals surface area contributed by atoms with Gasteiger partial charge >= 0.3 is 0 Å². The molecule has 1 heterocycles. The number of methoxy groups -OCH3 is 1. The third-order valence-electron chi connectivity index (χ3n) is 2.34. The van der Waals surface area contributed by atoms with Crippen molar-refractivity contribution in [3.8, 4) is 5.69 Å². The topological polar surface area (TPSA) is 81.9 Å². The molecular formula is C11H13N5O2. The largest absolute Gasteiger partial charge is 0.383 e. The molecule has 0 radical (unpaired) electrons. The second-order valence-electron chi connectivity index (χ2n) is 3.52. The Kier molecular flexibility index (Phi) is 3.98. The Morgan fingerprint density at radius 2 is 2.28 bits per heavy atom. The van der Waals surface area contributed by atoms with Crippen LogP contribution < -0.4 is 5.32 Å². The highest BCUT2D eigenvalue weighted by Gasteiger charge is 2.12. The first-order valence-electron chi connectivity index (χ1n) is 5.42. The van der Waals surface area contributed by atoms with Crippen LogP contribution in [0.1, 0.15) is 10.4 Å². The van der Waals surface area contributed by atoms with E-state index >= 15 is 0 Å². The van der Waals surface area contributed by atoms with Gasteiger partial charge < -0.3 is 10.1 Å². The first-order valence-corrected chi connectivity index (χ1v) is 5.42. The zero-order valence-electron chi connectivity index (χ0n) is 9.91. The Morgan fingerprint density at radius 1 is 1.44 bits per heavy atom. The number of rotatable bonds is 5. The number of nitrogens with one attached hydrogen (secondary N) is 1. The number of hydrogen-bond donors (Lipinski definition) is 1. The highest BCUT2D eigenvalue weighted by molar-refractivity contribution is 5.97. The molecule has 0 unspecified atom stereocenters. The van der Waals surface area contributed by atoms with E-state index in [9.17, 15) is 4.79 Å². The highest BCUT2D eigenvalue weighted by atomic mass is 16.5. The van der Waals surface area contributed by atoms with Gasteiger partial charge in [0.05, 0.1) is 17.9 Å². The number of hydrogen-bond acceptors (Lipinski definition) is 5. The summed E-state index contributed by atoms with van der Waals surface area (Å²) in [5.41, 5.74) is 1.15. The molecule has 1 aromatic carbocycles. The molecule has 1 amide bonds. The van der Waals surface area contributed by atoms with Crippen molar-refractivity contribution in [2.45, 2.75) is 0 Å². The fourth-order valence-corrected chi connectivity index (χ4v) is 1.50. The van der Waals surface area contributed by atoms with Crippen molar-refractivity contribution in [2.24, 2.45) is 0 Å². The van der Waals surface area contributed by atoms with Gasteiger partial charge in [-0.1, -0.05) is 12.1 Å². The van der Waals surface area contributed by atoms with Crippen molar-refractivity contribution in [1.29, 1.82) is 0 Å². The van der Waals surface area contributed by atoms with Crippen LogP contribution in [0.25, 0.3) is 5.69 Å². The molecule has 1 N–H and O–H groups in total. The number of carbonyl (C=O) groups excluding carboxylic acids is 1. The molecule has 2 rings (SSSR count). The van der Waals surface area contributed by atoms with Crippen molar-refractivity contribution in [2.75, 3.05) is 20.3 Å². The minimum Gasteiger partial charge on any atom is -0.383 e. The smallest absolute Gasteiger partial charge is 0.253 e. The second kappa shape index (κ2) is 5.87. The molecule has 0 saturated carbocycles. The lowest BCUT2D eigenvalue weighted by Crippen LogP contribution is -2.28. The Balaban J connectivity index is 2.20. The molecule has 7 nitrogen and oxygen atoms in total. The SMILES string of the molecule is COCCNC(=O)c1ccccc1-n1cnnn1. The van der Waals surface area contributed by atoms with Crippen LogP contribution in [0.2, 0.25) is 0 Å². The number of nitrogens with zero attached hydrogens (tertiary/aromatic N) is 4. The normalized spacial score (nSPS) is 10.3. The maximum absolute atomic E-state index is 12.0. The summed E-state index contributed by atoms with van der Waals surface area (Å²) in [6.07, 6.45) is 1.45. The number of benzene rings is 1. The summed E-state index contributed by atoms with van der Waals surface area (Å²) in [7, 11) is 1.58. The molecule has 0 bridgehead atoms. The summed E-state index contributed by atoms with van der Waals surface area (Å²) in [5, 5.41) is 13.6. The van der Waals surface area contributed by atoms with Crippen LogP contribution in [0.3, 0.4) is 0 Å². The molecule has 0 aliphatic rings. The van der Waals surface area contributed by atoms with Gasteiger partial charge in [0.1, 0.15) is 6.33 Å². The Labute approximate surface area is 104 Å². The van der Waals surface area contributed by atoms with E-state index in [4.69, 9.17) is 4.74 Å². The summed E-state index contributed by atoms with van der Waals surface area (Å²) in [5.74, 6) is -0.182. The third-order valence-corrected chi connectivity index (χ3v) is 2.34. The molecule has 0 atom stereocenters. The van der Waals surface area contributed by atoms with Crippen molar-refractivity contribution >= 4 is 5.91 Å². The fourth-order valence-electron chi connectivity index (χ4n) is 1.50. The second-order valence-corrected chi connectivity index (χ2v) is 3.52. The zero-order chi connectivity index (χ0) is 12.8. The maximum Gasteiger partial charge on any atom is 0.253 e. The molecule has 18 heavy (non-hydrogen) atoms. The van der Waals surface area contributed by atoms with E-state index in [1.54, 1.807) is 25.3 Å². The monoisotopic (exact) mass is 247 g/mol. The lowest BCUT2D eigenvalue weighted by Gasteiger charge is -2.08. The summed E-state index contributed by atoms with van der Waals surface area (Å²) in [6, 6.07) is 7.11. The van der Waals surface area contributed by atoms with Gasteiger partial charge in [-0.3, -0.25) is 4.79 Å². The van der Waals surface area contributed by atoms with E-state index in [1.807, 2.05) is 6.07 Å². The number of para-hydroxylation sites is 1. The van der Waals surface area contributed by atoms with Crippen LogP contribution in [0, 0.1) is 0 Å². The summed E-state index contributed by atoms with van der Waals surface area (Å²) in [4.78, 5) is 12.0. The van der Waals surface area contributed by atoms with Gasteiger partial charge in [-0.15, -0.1) is 5.10 Å². The van der Waals surface area contributed by atoms with E-state index in [0.29, 0.717) is 24.4 Å². The first kappa shape index (κ1) is 12.2. The molecule has 0 spiro atoms. The Bertz CT molecular complexity index is 512. The number of ether oxygens (including phenoxy) is 1. The van der Waals surface area contributed by atoms with Gasteiger partial charge in [0.15, 0.2) is 0 Å². The highest BCUT2D eigenvalue weighted by Crippen LogP contribution is 2.12. The van der Waals surface area contributed by atoms with Crippen LogP contribution in [-0.2, 0) is 4.74 Å². The predicted octanol–water partition coefficient (Wildman–Crippen LogP) is 0.0385. The van der Waals surface area contributed by atoms with E-state index in [2.05, 4.69) is 20.8 Å². The molecule has 0 fully saturated rings. The number of carbonyl (C=O) groups is 1. The molecule has 1 aromatic heterocycles. The third kappa shape index (κ3) is 2.69. The number of amides is 1. The molecule has 0 aliphatic carbocycles. The van der Waals surface area contributed by atoms with Gasteiger partial charge in [0.25, 0.3) is 5.91 Å². The van der Waals surface area contributed by atoms with Crippen molar-refractivity contribution in [1.82, 2.24) is 25.5 Å². The maximum atomic E-state index is 12.0. The fraction of sp³-hybridized carbons (Fsp3) is 0.273. The van der Waals surface area contributed by atoms with Crippen molar-refractivity contribution < 1.29 is 9.53 Å². The van der Waals surface area contributed by atoms with Crippen LogP contribution in [-0.4, -0.2) is 46.4 Å². The van der Waals surface area contributed by atoms with Crippen LogP contribution in [0.4, 0.5) is 0 Å². The lowest BCUT2D eigenvalue weighted by molar-refractivity contribution is 0.0937. The number of tetrazole rings is 1. The molecule has 0 aliphatic heterocycles. The Hall–Kier alpha value is -2.28. The average Bonchev–Trinajstić information content (AvgIpc) is 2.93. The van der Waals surface area contributed by atoms with Gasteiger partial charge in [0.2, 0.25) is 0 Å². The molecule has 94 valence electrons. The standard InChI is InChI=1S/C11H13N5O2/c1-18-7-6-12-11(17)9-4-2-3-5-10(9)16-8-13-14-15-16/h2-5,8H,6-7H2,1H3,(H,12,17). The van der Waals surface area contributed by atoms with Gasteiger partial charge in [-0.05, 0) is 22.6 Å². The van der Waals surface area contributed by atoms with Gasteiger partial charge in [0, 0.05) is 13.7 Å². The summed E-state index contributed by atoms with van der Waals surface area (Å²) in [6.45, 7) is 0.929. The molecule has 0 saturated heterocycles. The zero-order valence-corrected chi connectivity index (χ0v) is 9.91. The van der Waals surface area contributed by atoms with Crippen molar-refractivity contribution in [3.05, 3.63) is 36.2 Å². The lowest BCUT2D eigenvalue weighted by atomic mass is 10.1. The van der Waals surface area contributed by atoms with E-state index in [1.165, 1.54) is 11.0 Å². The van der Waals surface area contributed by atoms with Gasteiger partial charge in [-0.25, -0.2) is 0 Å². The van der Waals surface area contributed by atoms with Crippen LogP contribution in [0.15, 0.2) is 30.6 Å².